The molecule has 0 N–H and O–H groups in total. The second-order valence-electron chi connectivity index (χ2n) is 6.44. The molecule has 11 heteroatoms. The average Bonchev–Trinajstić information content (AvgIpc) is 3.25. The number of nitrogens with zero attached hydrogens (tertiary/aromatic N) is 5. The molecule has 2 heterocycles. The molecule has 30 heavy (non-hydrogen) atoms. The summed E-state index contributed by atoms with van der Waals surface area (Å²) in [4.78, 5) is 21.9. The monoisotopic (exact) mass is 439 g/mol. The first-order chi connectivity index (χ1) is 14.2. The van der Waals surface area contributed by atoms with Crippen molar-refractivity contribution < 1.29 is 22.7 Å². The number of hydrogen-bond acceptors (Lipinski definition) is 5. The van der Waals surface area contributed by atoms with Gasteiger partial charge in [0, 0.05) is 13.2 Å². The first-order valence-corrected chi connectivity index (χ1v) is 9.11. The minimum atomic E-state index is -4.52. The van der Waals surface area contributed by atoms with Gasteiger partial charge in [-0.05, 0) is 30.7 Å². The molecule has 0 aliphatic carbocycles. The van der Waals surface area contributed by atoms with Crippen molar-refractivity contribution in [1.82, 2.24) is 24.6 Å². The van der Waals surface area contributed by atoms with Crippen LogP contribution < -0.4 is 4.74 Å². The normalized spacial score (nSPS) is 12.5. The second-order valence-corrected chi connectivity index (χ2v) is 6.85. The van der Waals surface area contributed by atoms with Crippen molar-refractivity contribution in [2.45, 2.75) is 19.1 Å². The number of halogens is 4. The molecule has 1 atom stereocenters. The van der Waals surface area contributed by atoms with E-state index in [-0.39, 0.29) is 28.4 Å². The topological polar surface area (TPSA) is 73.1 Å². The minimum absolute atomic E-state index is 0.132. The first-order valence-electron chi connectivity index (χ1n) is 8.73. The second kappa shape index (κ2) is 8.70. The van der Waals surface area contributed by atoms with E-state index in [1.54, 1.807) is 18.1 Å². The van der Waals surface area contributed by atoms with Crippen LogP contribution in [0.1, 0.15) is 28.9 Å². The molecule has 0 radical (unpaired) electrons. The summed E-state index contributed by atoms with van der Waals surface area (Å²) in [5.41, 5.74) is 1.83. The summed E-state index contributed by atoms with van der Waals surface area (Å²) in [6.07, 6.45) is -0.371. The predicted octanol–water partition coefficient (Wildman–Crippen LogP) is 4.09. The lowest BCUT2D eigenvalue weighted by molar-refractivity contribution is -0.154. The standard InChI is InChI=1S/C19H17ClF3N5O2/c1-12(13-3-5-15(6-4-13)28-11-24-10-26-28)27(2)18(29)14-7-16(20)17(25-8-14)30-9-19(21,22)23/h3-8,10-12H,9H2,1-2H3. The molecule has 158 valence electrons. The Morgan fingerprint density at radius 1 is 1.30 bits per heavy atom. The number of pyridine rings is 1. The molecule has 0 saturated heterocycles. The van der Waals surface area contributed by atoms with E-state index in [1.807, 2.05) is 31.2 Å². The number of hydrogen-bond donors (Lipinski definition) is 0. The molecule has 0 fully saturated rings. The molecule has 1 amide bonds. The van der Waals surface area contributed by atoms with Gasteiger partial charge in [0.1, 0.15) is 17.7 Å². The molecule has 0 aliphatic heterocycles. The molecule has 2 aromatic heterocycles. The Balaban J connectivity index is 1.70. The van der Waals surface area contributed by atoms with Gasteiger partial charge in [0.2, 0.25) is 5.88 Å². The third-order valence-electron chi connectivity index (χ3n) is 4.39. The van der Waals surface area contributed by atoms with Gasteiger partial charge in [0.05, 0.1) is 17.3 Å². The van der Waals surface area contributed by atoms with E-state index in [2.05, 4.69) is 19.8 Å². The molecule has 1 unspecified atom stereocenters. The summed E-state index contributed by atoms with van der Waals surface area (Å²) < 4.78 is 43.0. The molecule has 0 spiro atoms. The molecule has 0 aliphatic rings. The Hall–Kier alpha value is -3.14. The summed E-state index contributed by atoms with van der Waals surface area (Å²) in [5.74, 6) is -0.774. The summed E-state index contributed by atoms with van der Waals surface area (Å²) >= 11 is 5.93. The van der Waals surface area contributed by atoms with Crippen molar-refractivity contribution in [3.8, 4) is 11.6 Å². The number of amides is 1. The van der Waals surface area contributed by atoms with Gasteiger partial charge in [-0.15, -0.1) is 0 Å². The highest BCUT2D eigenvalue weighted by Gasteiger charge is 2.29. The third-order valence-corrected chi connectivity index (χ3v) is 4.66. The lowest BCUT2D eigenvalue weighted by atomic mass is 10.1. The maximum absolute atomic E-state index is 12.8. The van der Waals surface area contributed by atoms with Crippen LogP contribution in [0.25, 0.3) is 5.69 Å². The van der Waals surface area contributed by atoms with Crippen LogP contribution in [0.4, 0.5) is 13.2 Å². The number of aromatic nitrogens is 4. The molecular formula is C19H17ClF3N5O2. The summed E-state index contributed by atoms with van der Waals surface area (Å²) in [5, 5.41) is 3.88. The van der Waals surface area contributed by atoms with E-state index in [0.717, 1.165) is 17.4 Å². The van der Waals surface area contributed by atoms with Crippen molar-refractivity contribution in [2.75, 3.05) is 13.7 Å². The molecular weight excluding hydrogens is 423 g/mol. The van der Waals surface area contributed by atoms with Crippen LogP contribution in [0, 0.1) is 0 Å². The van der Waals surface area contributed by atoms with Gasteiger partial charge in [-0.25, -0.2) is 14.6 Å². The number of rotatable bonds is 6. The zero-order valence-electron chi connectivity index (χ0n) is 16.0. The van der Waals surface area contributed by atoms with Crippen LogP contribution in [0.3, 0.4) is 0 Å². The Labute approximate surface area is 175 Å². The number of alkyl halides is 3. The molecule has 7 nitrogen and oxygen atoms in total. The molecule has 3 rings (SSSR count). The van der Waals surface area contributed by atoms with E-state index < -0.39 is 12.8 Å². The Morgan fingerprint density at radius 2 is 2.00 bits per heavy atom. The van der Waals surface area contributed by atoms with Gasteiger partial charge < -0.3 is 9.64 Å². The number of carbonyl (C=O) groups is 1. The minimum Gasteiger partial charge on any atom is -0.467 e. The zero-order valence-corrected chi connectivity index (χ0v) is 16.7. The van der Waals surface area contributed by atoms with Crippen LogP contribution in [-0.4, -0.2) is 50.4 Å². The van der Waals surface area contributed by atoms with Crippen LogP contribution in [0.5, 0.6) is 5.88 Å². The van der Waals surface area contributed by atoms with E-state index in [4.69, 9.17) is 11.6 Å². The Kier molecular flexibility index (Phi) is 6.25. The predicted molar refractivity (Wildman–Crippen MR) is 103 cm³/mol. The van der Waals surface area contributed by atoms with Gasteiger partial charge in [0.25, 0.3) is 5.91 Å². The zero-order chi connectivity index (χ0) is 21.9. The highest BCUT2D eigenvalue weighted by atomic mass is 35.5. The molecule has 0 bridgehead atoms. The van der Waals surface area contributed by atoms with Gasteiger partial charge in [-0.1, -0.05) is 23.7 Å². The van der Waals surface area contributed by atoms with Crippen LogP contribution in [0.2, 0.25) is 5.02 Å². The van der Waals surface area contributed by atoms with Gasteiger partial charge in [0.15, 0.2) is 6.61 Å². The quantitative estimate of drug-likeness (QED) is 0.578. The maximum atomic E-state index is 12.8. The first kappa shape index (κ1) is 21.6. The third kappa shape index (κ3) is 5.07. The molecule has 3 aromatic rings. The van der Waals surface area contributed by atoms with Crippen LogP contribution in [0.15, 0.2) is 49.2 Å². The number of carbonyl (C=O) groups excluding carboxylic acids is 1. The lowest BCUT2D eigenvalue weighted by Gasteiger charge is -2.25. The SMILES string of the molecule is CC(c1ccc(-n2cncn2)cc1)N(C)C(=O)c1cnc(OCC(F)(F)F)c(Cl)c1. The van der Waals surface area contributed by atoms with Gasteiger partial charge >= 0.3 is 6.18 Å². The number of ether oxygens (including phenoxy) is 1. The van der Waals surface area contributed by atoms with Gasteiger partial charge in [-0.2, -0.15) is 18.3 Å². The highest BCUT2D eigenvalue weighted by molar-refractivity contribution is 6.32. The van der Waals surface area contributed by atoms with Gasteiger partial charge in [-0.3, -0.25) is 4.79 Å². The fraction of sp³-hybridized carbons (Fsp3) is 0.263. The Bertz CT molecular complexity index is 1010. The van der Waals surface area contributed by atoms with Crippen LogP contribution >= 0.6 is 11.6 Å². The van der Waals surface area contributed by atoms with Crippen molar-refractivity contribution >= 4 is 17.5 Å². The fourth-order valence-electron chi connectivity index (χ4n) is 2.65. The van der Waals surface area contributed by atoms with Crippen molar-refractivity contribution in [3.63, 3.8) is 0 Å². The number of benzene rings is 1. The van der Waals surface area contributed by atoms with Crippen molar-refractivity contribution in [2.24, 2.45) is 0 Å². The molecule has 0 saturated carbocycles. The van der Waals surface area contributed by atoms with E-state index in [0.29, 0.717) is 0 Å². The maximum Gasteiger partial charge on any atom is 0.422 e. The fourth-order valence-corrected chi connectivity index (χ4v) is 2.87. The van der Waals surface area contributed by atoms with Crippen LogP contribution in [-0.2, 0) is 0 Å². The van der Waals surface area contributed by atoms with E-state index in [9.17, 15) is 18.0 Å². The van der Waals surface area contributed by atoms with Crippen molar-refractivity contribution in [3.05, 3.63) is 65.3 Å². The summed E-state index contributed by atoms with van der Waals surface area (Å²) in [7, 11) is 1.61. The summed E-state index contributed by atoms with van der Waals surface area (Å²) in [6, 6.07) is 8.38. The smallest absolute Gasteiger partial charge is 0.422 e. The average molecular weight is 440 g/mol. The summed E-state index contributed by atoms with van der Waals surface area (Å²) in [6.45, 7) is 0.326. The highest BCUT2D eigenvalue weighted by Crippen LogP contribution is 2.27. The Morgan fingerprint density at radius 3 is 2.57 bits per heavy atom. The van der Waals surface area contributed by atoms with Crippen molar-refractivity contribution in [1.29, 1.82) is 0 Å². The van der Waals surface area contributed by atoms with E-state index in [1.165, 1.54) is 17.3 Å². The molecule has 1 aromatic carbocycles. The largest absolute Gasteiger partial charge is 0.467 e. The van der Waals surface area contributed by atoms with E-state index >= 15 is 0 Å². The lowest BCUT2D eigenvalue weighted by Crippen LogP contribution is -2.29.